The molecule has 34 heavy (non-hydrogen) atoms. The number of ether oxygens (including phenoxy) is 1. The number of amides is 1. The number of carbonyl (C=O) groups is 1. The number of hydrogen-bond acceptors (Lipinski definition) is 6. The first kappa shape index (κ1) is 27.8. The topological polar surface area (TPSA) is 105 Å². The minimum absolute atomic E-state index is 0.0570. The van der Waals surface area contributed by atoms with E-state index in [2.05, 4.69) is 26.1 Å². The van der Waals surface area contributed by atoms with Crippen molar-refractivity contribution in [1.29, 1.82) is 0 Å². The van der Waals surface area contributed by atoms with Gasteiger partial charge in [-0.1, -0.05) is 81.4 Å². The summed E-state index contributed by atoms with van der Waals surface area (Å²) in [6.07, 6.45) is 0.390. The molecule has 0 aliphatic heterocycles. The molecule has 0 spiro atoms. The summed E-state index contributed by atoms with van der Waals surface area (Å²) < 4.78 is 45.8. The van der Waals surface area contributed by atoms with Gasteiger partial charge >= 0.3 is 6.09 Å². The lowest BCUT2D eigenvalue weighted by atomic mass is 10.2. The SMILES string of the molecule is CC(C)(C)OC(=O)NC(/C=C/S(=O)(=O)[O-])CO[Si](c1ccccc1)(c1ccccc1)C(C)(C)C. The smallest absolute Gasteiger partial charge is 0.408 e. The van der Waals surface area contributed by atoms with Crippen molar-refractivity contribution in [2.75, 3.05) is 6.61 Å². The van der Waals surface area contributed by atoms with Gasteiger partial charge < -0.3 is 19.0 Å². The van der Waals surface area contributed by atoms with Crippen molar-refractivity contribution in [2.45, 2.75) is 58.2 Å². The van der Waals surface area contributed by atoms with Gasteiger partial charge in [-0.15, -0.1) is 0 Å². The van der Waals surface area contributed by atoms with Gasteiger partial charge in [0.2, 0.25) is 0 Å². The quantitative estimate of drug-likeness (QED) is 0.436. The lowest BCUT2D eigenvalue weighted by Gasteiger charge is -2.43. The Morgan fingerprint density at radius 3 is 1.82 bits per heavy atom. The second-order valence-corrected chi connectivity index (χ2v) is 15.6. The molecule has 0 fully saturated rings. The third-order valence-corrected chi connectivity index (χ3v) is 10.6. The first-order valence-electron chi connectivity index (χ1n) is 11.0. The summed E-state index contributed by atoms with van der Waals surface area (Å²) in [6.45, 7) is 11.4. The Hall–Kier alpha value is -2.46. The third kappa shape index (κ3) is 7.80. The average Bonchev–Trinajstić information content (AvgIpc) is 2.71. The molecule has 2 aromatic rings. The molecule has 0 bridgehead atoms. The van der Waals surface area contributed by atoms with E-state index >= 15 is 0 Å². The summed E-state index contributed by atoms with van der Waals surface area (Å²) in [6, 6.07) is 18.9. The van der Waals surface area contributed by atoms with Crippen molar-refractivity contribution in [3.8, 4) is 0 Å². The summed E-state index contributed by atoms with van der Waals surface area (Å²) in [4.78, 5) is 12.4. The van der Waals surface area contributed by atoms with E-state index in [4.69, 9.17) is 9.16 Å². The van der Waals surface area contributed by atoms with Gasteiger partial charge in [0.05, 0.1) is 12.6 Å². The van der Waals surface area contributed by atoms with Crippen molar-refractivity contribution < 1.29 is 26.9 Å². The van der Waals surface area contributed by atoms with Gasteiger partial charge in [-0.2, -0.15) is 0 Å². The van der Waals surface area contributed by atoms with Crippen molar-refractivity contribution in [1.82, 2.24) is 5.32 Å². The molecule has 9 heteroatoms. The molecular formula is C25H34NO6SSi-. The minimum atomic E-state index is -4.64. The van der Waals surface area contributed by atoms with Crippen molar-refractivity contribution in [3.63, 3.8) is 0 Å². The first-order valence-corrected chi connectivity index (χ1v) is 14.4. The van der Waals surface area contributed by atoms with Gasteiger partial charge in [-0.25, -0.2) is 13.2 Å². The van der Waals surface area contributed by atoms with Crippen LogP contribution in [0.15, 0.2) is 72.1 Å². The molecule has 0 radical (unpaired) electrons. The minimum Gasteiger partial charge on any atom is -0.744 e. The maximum Gasteiger partial charge on any atom is 0.408 e. The van der Waals surface area contributed by atoms with Gasteiger partial charge in [0.15, 0.2) is 0 Å². The average molecular weight is 505 g/mol. The van der Waals surface area contributed by atoms with E-state index in [-0.39, 0.29) is 11.6 Å². The Bertz CT molecular complexity index is 1030. The highest BCUT2D eigenvalue weighted by Gasteiger charge is 2.50. The van der Waals surface area contributed by atoms with E-state index in [0.717, 1.165) is 16.4 Å². The summed E-state index contributed by atoms with van der Waals surface area (Å²) >= 11 is 0. The van der Waals surface area contributed by atoms with Crippen LogP contribution in [0.5, 0.6) is 0 Å². The number of alkyl carbamates (subject to hydrolysis) is 1. The Morgan fingerprint density at radius 1 is 0.971 bits per heavy atom. The zero-order valence-electron chi connectivity index (χ0n) is 20.6. The molecule has 0 aliphatic rings. The molecule has 0 saturated carbocycles. The molecule has 0 heterocycles. The van der Waals surface area contributed by atoms with Crippen LogP contribution in [0.4, 0.5) is 4.79 Å². The fraction of sp³-hybridized carbons (Fsp3) is 0.400. The fourth-order valence-corrected chi connectivity index (χ4v) is 8.74. The Labute approximate surface area is 204 Å². The van der Waals surface area contributed by atoms with Gasteiger partial charge in [0.1, 0.15) is 15.7 Å². The Kier molecular flexibility index (Phi) is 8.87. The summed E-state index contributed by atoms with van der Waals surface area (Å²) in [5.41, 5.74) is -0.748. The summed E-state index contributed by atoms with van der Waals surface area (Å²) in [5.74, 6) is 0. The normalized spacial score (nSPS) is 14.1. The van der Waals surface area contributed by atoms with E-state index in [1.807, 2.05) is 60.7 Å². The maximum atomic E-state index is 12.4. The molecule has 186 valence electrons. The highest BCUT2D eigenvalue weighted by molar-refractivity contribution is 7.88. The van der Waals surface area contributed by atoms with Crippen molar-refractivity contribution in [2.24, 2.45) is 0 Å². The van der Waals surface area contributed by atoms with Crippen molar-refractivity contribution in [3.05, 3.63) is 72.1 Å². The van der Waals surface area contributed by atoms with E-state index in [1.165, 1.54) is 0 Å². The summed E-state index contributed by atoms with van der Waals surface area (Å²) in [7, 11) is -7.58. The van der Waals surface area contributed by atoms with Crippen LogP contribution >= 0.6 is 0 Å². The van der Waals surface area contributed by atoms with Crippen LogP contribution in [0.25, 0.3) is 0 Å². The highest BCUT2D eigenvalue weighted by atomic mass is 32.2. The molecule has 2 aromatic carbocycles. The molecule has 0 aromatic heterocycles. The zero-order chi connectivity index (χ0) is 25.6. The Morgan fingerprint density at radius 2 is 1.44 bits per heavy atom. The highest BCUT2D eigenvalue weighted by Crippen LogP contribution is 2.36. The van der Waals surface area contributed by atoms with Crippen molar-refractivity contribution >= 4 is 34.9 Å². The number of hydrogen-bond donors (Lipinski definition) is 1. The van der Waals surface area contributed by atoms with Crippen LogP contribution in [0.2, 0.25) is 5.04 Å². The molecule has 1 atom stereocenters. The number of benzene rings is 2. The molecular weight excluding hydrogens is 470 g/mol. The third-order valence-electron chi connectivity index (χ3n) is 5.08. The standard InChI is InChI=1S/C25H35NO6SSi/c1-24(2,3)32-23(27)26-20(17-18-33(28,29)30)19-31-34(25(4,5)6,21-13-9-7-10-14-21)22-15-11-8-12-16-22/h7-18,20H,19H2,1-6H3,(H,26,27)(H,28,29,30)/p-1/b18-17+. The van der Waals surface area contributed by atoms with E-state index in [0.29, 0.717) is 5.41 Å². The lowest BCUT2D eigenvalue weighted by Crippen LogP contribution is -2.67. The molecule has 2 rings (SSSR count). The van der Waals surface area contributed by atoms with Crippen LogP contribution in [-0.4, -0.2) is 45.6 Å². The molecule has 7 nitrogen and oxygen atoms in total. The second kappa shape index (κ2) is 10.9. The van der Waals surface area contributed by atoms with Gasteiger partial charge in [0, 0.05) is 5.41 Å². The van der Waals surface area contributed by atoms with Crippen LogP contribution in [0.3, 0.4) is 0 Å². The molecule has 0 aliphatic carbocycles. The van der Waals surface area contributed by atoms with Crippen LogP contribution < -0.4 is 15.7 Å². The van der Waals surface area contributed by atoms with Crippen LogP contribution in [-0.2, 0) is 19.3 Å². The number of carbonyl (C=O) groups excluding carboxylic acids is 1. The predicted octanol–water partition coefficient (Wildman–Crippen LogP) is 3.52. The van der Waals surface area contributed by atoms with Gasteiger partial charge in [-0.3, -0.25) is 0 Å². The first-order chi connectivity index (χ1) is 15.6. The molecule has 1 amide bonds. The fourth-order valence-electron chi connectivity index (χ4n) is 3.77. The molecule has 1 N–H and O–H groups in total. The van der Waals surface area contributed by atoms with E-state index < -0.39 is 36.2 Å². The zero-order valence-corrected chi connectivity index (χ0v) is 22.4. The Balaban J connectivity index is 2.50. The van der Waals surface area contributed by atoms with Gasteiger partial charge in [0.25, 0.3) is 8.32 Å². The van der Waals surface area contributed by atoms with Crippen LogP contribution in [0.1, 0.15) is 41.5 Å². The summed E-state index contributed by atoms with van der Waals surface area (Å²) in [5, 5.41) is 4.90. The molecule has 0 saturated heterocycles. The maximum absolute atomic E-state index is 12.4. The lowest BCUT2D eigenvalue weighted by molar-refractivity contribution is 0.0500. The predicted molar refractivity (Wildman–Crippen MR) is 136 cm³/mol. The molecule has 1 unspecified atom stereocenters. The van der Waals surface area contributed by atoms with E-state index in [1.54, 1.807) is 20.8 Å². The van der Waals surface area contributed by atoms with Gasteiger partial charge in [-0.05, 0) is 42.3 Å². The second-order valence-electron chi connectivity index (χ2n) is 10.0. The number of rotatable bonds is 8. The van der Waals surface area contributed by atoms with Crippen LogP contribution in [0, 0.1) is 0 Å². The monoisotopic (exact) mass is 504 g/mol. The largest absolute Gasteiger partial charge is 0.744 e. The van der Waals surface area contributed by atoms with E-state index in [9.17, 15) is 17.8 Å². The number of nitrogens with one attached hydrogen (secondary N) is 1.